The average Bonchev–Trinajstić information content (AvgIpc) is 2.52. The fourth-order valence-corrected chi connectivity index (χ4v) is 1.61. The molecule has 0 aliphatic rings. The van der Waals surface area contributed by atoms with E-state index in [2.05, 4.69) is 49.5 Å². The average molecular weight is 303 g/mol. The van der Waals surface area contributed by atoms with E-state index in [9.17, 15) is 0 Å². The van der Waals surface area contributed by atoms with Gasteiger partial charge in [0.15, 0.2) is 0 Å². The molecule has 1 aromatic heterocycles. The van der Waals surface area contributed by atoms with Crippen LogP contribution in [0, 0.1) is 17.8 Å². The summed E-state index contributed by atoms with van der Waals surface area (Å²) in [6.07, 6.45) is 2.64. The van der Waals surface area contributed by atoms with Crippen molar-refractivity contribution in [3.05, 3.63) is 35.8 Å². The number of benzene rings is 1. The van der Waals surface area contributed by atoms with Crippen molar-refractivity contribution >= 4 is 22.5 Å². The Labute approximate surface area is 133 Å². The Bertz CT molecular complexity index is 622. The van der Waals surface area contributed by atoms with E-state index in [-0.39, 0.29) is 0 Å². The molecule has 3 heteroatoms. The largest absolute Gasteiger partial charge is 0.232 e. The van der Waals surface area contributed by atoms with Crippen molar-refractivity contribution in [2.75, 3.05) is 0 Å². The van der Waals surface area contributed by atoms with Crippen molar-refractivity contribution in [3.63, 3.8) is 0 Å². The van der Waals surface area contributed by atoms with Crippen molar-refractivity contribution in [3.8, 4) is 11.8 Å². The lowest BCUT2D eigenvalue weighted by Crippen LogP contribution is -1.96. The van der Waals surface area contributed by atoms with E-state index in [4.69, 9.17) is 11.6 Å². The number of fused-ring (bicyclic) bond motifs is 1. The predicted molar refractivity (Wildman–Crippen MR) is 91.4 cm³/mol. The van der Waals surface area contributed by atoms with Crippen LogP contribution in [0.2, 0.25) is 0 Å². The molecule has 0 aliphatic carbocycles. The first kappa shape index (κ1) is 17.5. The van der Waals surface area contributed by atoms with E-state index < -0.39 is 0 Å². The molecule has 0 atom stereocenters. The Morgan fingerprint density at radius 2 is 1.76 bits per heavy atom. The van der Waals surface area contributed by atoms with Gasteiger partial charge in [-0.15, -0.1) is 11.6 Å². The number of hydrogen-bond acceptors (Lipinski definition) is 2. The molecule has 0 radical (unpaired) electrons. The topological polar surface area (TPSA) is 25.8 Å². The van der Waals surface area contributed by atoms with Crippen molar-refractivity contribution in [1.82, 2.24) is 9.97 Å². The van der Waals surface area contributed by atoms with Crippen LogP contribution in [0.3, 0.4) is 0 Å². The Balaban J connectivity index is 0.000000491. The highest BCUT2D eigenvalue weighted by atomic mass is 35.5. The molecule has 2 aromatic rings. The molecule has 112 valence electrons. The summed E-state index contributed by atoms with van der Waals surface area (Å²) in [4.78, 5) is 8.75. The zero-order valence-corrected chi connectivity index (χ0v) is 14.0. The minimum atomic E-state index is 0.307. The van der Waals surface area contributed by atoms with Crippen LogP contribution in [0.5, 0.6) is 0 Å². The van der Waals surface area contributed by atoms with Crippen LogP contribution >= 0.6 is 11.6 Å². The predicted octanol–water partition coefficient (Wildman–Crippen LogP) is 5.18. The molecule has 1 heterocycles. The van der Waals surface area contributed by atoms with Crippen LogP contribution in [0.25, 0.3) is 10.9 Å². The van der Waals surface area contributed by atoms with Crippen LogP contribution < -0.4 is 0 Å². The van der Waals surface area contributed by atoms with Gasteiger partial charge in [-0.2, -0.15) is 0 Å². The number of rotatable bonds is 2. The van der Waals surface area contributed by atoms with E-state index in [1.54, 1.807) is 0 Å². The van der Waals surface area contributed by atoms with Gasteiger partial charge in [-0.1, -0.05) is 58.6 Å². The van der Waals surface area contributed by atoms with E-state index >= 15 is 0 Å². The first-order valence-corrected chi connectivity index (χ1v) is 7.98. The van der Waals surface area contributed by atoms with Gasteiger partial charge in [0.2, 0.25) is 0 Å². The smallest absolute Gasteiger partial charge is 0.145 e. The molecule has 0 fully saturated rings. The van der Waals surface area contributed by atoms with E-state index in [1.807, 2.05) is 24.3 Å². The van der Waals surface area contributed by atoms with Gasteiger partial charge in [0.05, 0.1) is 11.4 Å². The number of hydrogen-bond donors (Lipinski definition) is 0. The van der Waals surface area contributed by atoms with Crippen LogP contribution in [0.4, 0.5) is 0 Å². The number of para-hydroxylation sites is 1. The summed E-state index contributed by atoms with van der Waals surface area (Å²) in [6, 6.07) is 7.85. The maximum atomic E-state index is 5.79. The number of aromatic nitrogens is 2. The lowest BCUT2D eigenvalue weighted by molar-refractivity contribution is 0.866. The second-order valence-corrected chi connectivity index (χ2v) is 5.33. The Morgan fingerprint density at radius 3 is 2.33 bits per heavy atom. The monoisotopic (exact) mass is 302 g/mol. The number of nitrogens with zero attached hydrogens (tertiary/aromatic N) is 2. The molecule has 0 N–H and O–H groups in total. The summed E-state index contributed by atoms with van der Waals surface area (Å²) in [6.45, 7) is 8.47. The van der Waals surface area contributed by atoms with Crippen LogP contribution in [-0.2, 0) is 5.88 Å². The van der Waals surface area contributed by atoms with Crippen molar-refractivity contribution in [2.45, 2.75) is 46.4 Å². The van der Waals surface area contributed by atoms with Gasteiger partial charge in [-0.25, -0.2) is 9.97 Å². The molecule has 0 amide bonds. The third-order valence-electron chi connectivity index (χ3n) is 2.75. The van der Waals surface area contributed by atoms with Gasteiger partial charge in [0.25, 0.3) is 0 Å². The van der Waals surface area contributed by atoms with E-state index in [1.165, 1.54) is 12.8 Å². The van der Waals surface area contributed by atoms with E-state index in [0.717, 1.165) is 16.6 Å². The minimum absolute atomic E-state index is 0.307. The second-order valence-electron chi connectivity index (χ2n) is 5.06. The zero-order valence-electron chi connectivity index (χ0n) is 13.3. The zero-order chi connectivity index (χ0) is 15.7. The third kappa shape index (κ3) is 5.73. The van der Waals surface area contributed by atoms with Gasteiger partial charge >= 0.3 is 0 Å². The maximum absolute atomic E-state index is 5.79. The van der Waals surface area contributed by atoms with E-state index in [0.29, 0.717) is 17.6 Å². The summed E-state index contributed by atoms with van der Waals surface area (Å²) in [5.74, 6) is 7.48. The lowest BCUT2D eigenvalue weighted by atomic mass is 10.1. The van der Waals surface area contributed by atoms with Crippen molar-refractivity contribution in [2.24, 2.45) is 5.92 Å². The Kier molecular flexibility index (Phi) is 7.79. The van der Waals surface area contributed by atoms with Gasteiger partial charge in [-0.05, 0) is 18.1 Å². The molecular formula is C18H23ClN2. The second kappa shape index (κ2) is 9.37. The minimum Gasteiger partial charge on any atom is -0.232 e. The third-order valence-corrected chi connectivity index (χ3v) is 2.99. The maximum Gasteiger partial charge on any atom is 0.145 e. The lowest BCUT2D eigenvalue weighted by Gasteiger charge is -2.02. The van der Waals surface area contributed by atoms with Gasteiger partial charge < -0.3 is 0 Å². The van der Waals surface area contributed by atoms with Gasteiger partial charge in [0.1, 0.15) is 11.5 Å². The molecule has 0 bridgehead atoms. The number of alkyl halides is 1. The molecule has 0 spiro atoms. The standard InChI is InChI=1S/C14H13ClN2.C4H10/c1-10(2)7-8-13-11-5-3-4-6-12(11)16-14(9-15)17-13;1-3-4-2/h3-6,10H,9H2,1-2H3;3-4H2,1-2H3. The highest BCUT2D eigenvalue weighted by molar-refractivity contribution is 6.16. The van der Waals surface area contributed by atoms with Gasteiger partial charge in [-0.3, -0.25) is 0 Å². The van der Waals surface area contributed by atoms with Gasteiger partial charge in [0, 0.05) is 11.3 Å². The van der Waals surface area contributed by atoms with Crippen LogP contribution in [-0.4, -0.2) is 9.97 Å². The molecular weight excluding hydrogens is 280 g/mol. The molecule has 0 saturated heterocycles. The molecule has 0 unspecified atom stereocenters. The summed E-state index contributed by atoms with van der Waals surface area (Å²) in [5, 5.41) is 0.981. The number of halogens is 1. The normalized spacial score (nSPS) is 9.81. The quantitative estimate of drug-likeness (QED) is 0.564. The van der Waals surface area contributed by atoms with Crippen molar-refractivity contribution < 1.29 is 0 Å². The summed E-state index contributed by atoms with van der Waals surface area (Å²) < 4.78 is 0. The number of unbranched alkanes of at least 4 members (excludes halogenated alkanes) is 1. The SMILES string of the molecule is CC(C)C#Cc1nc(CCl)nc2ccccc12.CCCC. The van der Waals surface area contributed by atoms with Crippen LogP contribution in [0.15, 0.2) is 24.3 Å². The molecule has 21 heavy (non-hydrogen) atoms. The highest BCUT2D eigenvalue weighted by Gasteiger charge is 2.04. The van der Waals surface area contributed by atoms with Crippen LogP contribution in [0.1, 0.15) is 52.1 Å². The molecule has 0 aliphatic heterocycles. The fourth-order valence-electron chi connectivity index (χ4n) is 1.49. The first-order valence-electron chi connectivity index (χ1n) is 7.45. The Morgan fingerprint density at radius 1 is 1.10 bits per heavy atom. The molecule has 2 rings (SSSR count). The summed E-state index contributed by atoms with van der Waals surface area (Å²) >= 11 is 5.79. The fraction of sp³-hybridized carbons (Fsp3) is 0.444. The molecule has 1 aromatic carbocycles. The highest BCUT2D eigenvalue weighted by Crippen LogP contribution is 2.15. The first-order chi connectivity index (χ1) is 10.1. The Hall–Kier alpha value is -1.59. The molecule has 0 saturated carbocycles. The summed E-state index contributed by atoms with van der Waals surface area (Å²) in [5.41, 5.74) is 1.66. The summed E-state index contributed by atoms with van der Waals surface area (Å²) in [7, 11) is 0. The molecule has 2 nitrogen and oxygen atoms in total. The van der Waals surface area contributed by atoms with Crippen molar-refractivity contribution in [1.29, 1.82) is 0 Å².